The Morgan fingerprint density at radius 2 is 1.89 bits per heavy atom. The minimum absolute atomic E-state index is 0.0657. The first kappa shape index (κ1) is 18.6. The number of anilines is 1. The maximum Gasteiger partial charge on any atom is 0.228 e. The fourth-order valence-corrected chi connectivity index (χ4v) is 2.69. The SMILES string of the molecule is Cc1nn(COc2ccc(F)cc2F)c(C)c1NC(=O)Cc1ccccc1. The van der Waals surface area contributed by atoms with Crippen molar-refractivity contribution in [3.8, 4) is 5.75 Å². The van der Waals surface area contributed by atoms with Crippen LogP contribution in [0.2, 0.25) is 0 Å². The van der Waals surface area contributed by atoms with Crippen LogP contribution in [0.25, 0.3) is 0 Å². The lowest BCUT2D eigenvalue weighted by atomic mass is 10.1. The van der Waals surface area contributed by atoms with Gasteiger partial charge < -0.3 is 10.1 Å². The molecule has 1 aromatic heterocycles. The Morgan fingerprint density at radius 3 is 2.59 bits per heavy atom. The number of benzene rings is 2. The predicted molar refractivity (Wildman–Crippen MR) is 97.5 cm³/mol. The highest BCUT2D eigenvalue weighted by Gasteiger charge is 2.15. The number of hydrogen-bond acceptors (Lipinski definition) is 3. The first-order valence-corrected chi connectivity index (χ1v) is 8.39. The van der Waals surface area contributed by atoms with E-state index >= 15 is 0 Å². The van der Waals surface area contributed by atoms with Gasteiger partial charge in [0.05, 0.1) is 23.5 Å². The van der Waals surface area contributed by atoms with Gasteiger partial charge in [-0.3, -0.25) is 4.79 Å². The molecule has 0 aliphatic carbocycles. The van der Waals surface area contributed by atoms with Gasteiger partial charge in [-0.2, -0.15) is 5.10 Å². The molecule has 0 atom stereocenters. The van der Waals surface area contributed by atoms with E-state index in [0.29, 0.717) is 17.1 Å². The quantitative estimate of drug-likeness (QED) is 0.713. The van der Waals surface area contributed by atoms with Crippen LogP contribution in [-0.4, -0.2) is 15.7 Å². The van der Waals surface area contributed by atoms with Gasteiger partial charge >= 0.3 is 0 Å². The van der Waals surface area contributed by atoms with Gasteiger partial charge in [0.1, 0.15) is 5.82 Å². The lowest BCUT2D eigenvalue weighted by Gasteiger charge is -2.09. The maximum atomic E-state index is 13.7. The number of aromatic nitrogens is 2. The topological polar surface area (TPSA) is 56.1 Å². The van der Waals surface area contributed by atoms with Crippen LogP contribution in [0, 0.1) is 25.5 Å². The lowest BCUT2D eigenvalue weighted by Crippen LogP contribution is -2.16. The van der Waals surface area contributed by atoms with E-state index in [1.165, 1.54) is 10.7 Å². The summed E-state index contributed by atoms with van der Waals surface area (Å²) in [6, 6.07) is 12.5. The van der Waals surface area contributed by atoms with Crippen LogP contribution in [0.4, 0.5) is 14.5 Å². The zero-order valence-corrected chi connectivity index (χ0v) is 15.0. The van der Waals surface area contributed by atoms with Crippen LogP contribution in [-0.2, 0) is 17.9 Å². The Bertz CT molecular complexity index is 955. The van der Waals surface area contributed by atoms with E-state index in [1.807, 2.05) is 30.3 Å². The average Bonchev–Trinajstić information content (AvgIpc) is 2.89. The summed E-state index contributed by atoms with van der Waals surface area (Å²) in [5, 5.41) is 7.18. The smallest absolute Gasteiger partial charge is 0.228 e. The number of halogens is 2. The fourth-order valence-electron chi connectivity index (χ4n) is 2.69. The molecule has 3 rings (SSSR count). The van der Waals surface area contributed by atoms with Crippen LogP contribution in [0.1, 0.15) is 17.0 Å². The van der Waals surface area contributed by atoms with E-state index in [2.05, 4.69) is 10.4 Å². The Balaban J connectivity index is 1.68. The molecule has 1 heterocycles. The molecule has 0 saturated heterocycles. The van der Waals surface area contributed by atoms with Crippen molar-refractivity contribution >= 4 is 11.6 Å². The molecule has 0 fully saturated rings. The van der Waals surface area contributed by atoms with Crippen molar-refractivity contribution in [2.45, 2.75) is 27.0 Å². The summed E-state index contributed by atoms with van der Waals surface area (Å²) in [5.74, 6) is -1.68. The van der Waals surface area contributed by atoms with Crippen molar-refractivity contribution in [2.75, 3.05) is 5.32 Å². The second-order valence-corrected chi connectivity index (χ2v) is 6.10. The zero-order valence-electron chi connectivity index (χ0n) is 15.0. The summed E-state index contributed by atoms with van der Waals surface area (Å²) < 4.78 is 33.5. The van der Waals surface area contributed by atoms with Gasteiger partial charge in [0.25, 0.3) is 0 Å². The lowest BCUT2D eigenvalue weighted by molar-refractivity contribution is -0.115. The van der Waals surface area contributed by atoms with Gasteiger partial charge in [-0.1, -0.05) is 30.3 Å². The molecule has 1 amide bonds. The third-order valence-electron chi connectivity index (χ3n) is 4.09. The fraction of sp³-hybridized carbons (Fsp3) is 0.200. The molecule has 0 spiro atoms. The van der Waals surface area contributed by atoms with E-state index < -0.39 is 11.6 Å². The normalized spacial score (nSPS) is 10.7. The largest absolute Gasteiger partial charge is 0.468 e. The Kier molecular flexibility index (Phi) is 5.49. The number of amides is 1. The van der Waals surface area contributed by atoms with Gasteiger partial charge in [0.15, 0.2) is 18.3 Å². The minimum Gasteiger partial charge on any atom is -0.468 e. The molecule has 0 saturated carbocycles. The average molecular weight is 371 g/mol. The summed E-state index contributed by atoms with van der Waals surface area (Å²) >= 11 is 0. The molecule has 140 valence electrons. The molecule has 5 nitrogen and oxygen atoms in total. The zero-order chi connectivity index (χ0) is 19.4. The number of aryl methyl sites for hydroxylation is 1. The van der Waals surface area contributed by atoms with Crippen molar-refractivity contribution in [1.82, 2.24) is 9.78 Å². The highest BCUT2D eigenvalue weighted by atomic mass is 19.1. The summed E-state index contributed by atoms with van der Waals surface area (Å²) in [7, 11) is 0. The molecule has 0 unspecified atom stereocenters. The molecular weight excluding hydrogens is 352 g/mol. The summed E-state index contributed by atoms with van der Waals surface area (Å²) in [6.07, 6.45) is 0.252. The molecule has 0 aliphatic heterocycles. The van der Waals surface area contributed by atoms with Gasteiger partial charge in [0.2, 0.25) is 5.91 Å². The highest BCUT2D eigenvalue weighted by Crippen LogP contribution is 2.22. The first-order chi connectivity index (χ1) is 12.9. The molecule has 3 aromatic rings. The number of rotatable bonds is 6. The van der Waals surface area contributed by atoms with Crippen LogP contribution >= 0.6 is 0 Å². The van der Waals surface area contributed by atoms with Crippen molar-refractivity contribution in [1.29, 1.82) is 0 Å². The summed E-state index contributed by atoms with van der Waals surface area (Å²) in [5.41, 5.74) is 2.81. The van der Waals surface area contributed by atoms with Crippen molar-refractivity contribution in [3.63, 3.8) is 0 Å². The second kappa shape index (κ2) is 7.99. The van der Waals surface area contributed by atoms with Crippen LogP contribution in [0.3, 0.4) is 0 Å². The maximum absolute atomic E-state index is 13.7. The second-order valence-electron chi connectivity index (χ2n) is 6.10. The molecule has 0 aliphatic rings. The number of carbonyl (C=O) groups is 1. The van der Waals surface area contributed by atoms with Gasteiger partial charge in [-0.15, -0.1) is 0 Å². The first-order valence-electron chi connectivity index (χ1n) is 8.39. The number of ether oxygens (including phenoxy) is 1. The van der Waals surface area contributed by atoms with Gasteiger partial charge in [-0.25, -0.2) is 13.5 Å². The number of nitrogens with zero attached hydrogens (tertiary/aromatic N) is 2. The van der Waals surface area contributed by atoms with E-state index in [4.69, 9.17) is 4.74 Å². The number of nitrogens with one attached hydrogen (secondary N) is 1. The van der Waals surface area contributed by atoms with Crippen LogP contribution in [0.15, 0.2) is 48.5 Å². The highest BCUT2D eigenvalue weighted by molar-refractivity contribution is 5.93. The molecule has 1 N–H and O–H groups in total. The van der Waals surface area contributed by atoms with Gasteiger partial charge in [-0.05, 0) is 31.5 Å². The molecule has 27 heavy (non-hydrogen) atoms. The third kappa shape index (κ3) is 4.49. The number of hydrogen-bond donors (Lipinski definition) is 1. The standard InChI is InChI=1S/C20H19F2N3O2/c1-13-20(23-19(26)10-15-6-4-3-5-7-15)14(2)25(24-13)12-27-18-9-8-16(21)11-17(18)22/h3-9,11H,10,12H2,1-2H3,(H,23,26). The Morgan fingerprint density at radius 1 is 1.15 bits per heavy atom. The molecular formula is C20H19F2N3O2. The molecule has 0 radical (unpaired) electrons. The van der Waals surface area contributed by atoms with Crippen LogP contribution in [0.5, 0.6) is 5.75 Å². The summed E-state index contributed by atoms with van der Waals surface area (Å²) in [6.45, 7) is 3.48. The Hall–Kier alpha value is -3.22. The monoisotopic (exact) mass is 371 g/mol. The minimum atomic E-state index is -0.784. The molecule has 2 aromatic carbocycles. The van der Waals surface area contributed by atoms with Crippen molar-refractivity contribution in [2.24, 2.45) is 0 Å². The predicted octanol–water partition coefficient (Wildman–Crippen LogP) is 4.00. The van der Waals surface area contributed by atoms with Crippen molar-refractivity contribution in [3.05, 3.63) is 77.1 Å². The number of carbonyl (C=O) groups excluding carboxylic acids is 1. The van der Waals surface area contributed by atoms with Gasteiger partial charge in [0, 0.05) is 6.07 Å². The Labute approximate surface area is 155 Å². The molecule has 7 heteroatoms. The van der Waals surface area contributed by atoms with Crippen molar-refractivity contribution < 1.29 is 18.3 Å². The third-order valence-corrected chi connectivity index (χ3v) is 4.09. The van der Waals surface area contributed by atoms with E-state index in [1.54, 1.807) is 13.8 Å². The van der Waals surface area contributed by atoms with E-state index in [9.17, 15) is 13.6 Å². The van der Waals surface area contributed by atoms with E-state index in [0.717, 1.165) is 17.7 Å². The van der Waals surface area contributed by atoms with E-state index in [-0.39, 0.29) is 24.8 Å². The van der Waals surface area contributed by atoms with Crippen LogP contribution < -0.4 is 10.1 Å². The summed E-state index contributed by atoms with van der Waals surface area (Å²) in [4.78, 5) is 12.3. The molecule has 0 bridgehead atoms.